The van der Waals surface area contributed by atoms with Gasteiger partial charge in [-0.25, -0.2) is 9.78 Å². The van der Waals surface area contributed by atoms with Crippen molar-refractivity contribution >= 4 is 27.8 Å². The van der Waals surface area contributed by atoms with E-state index in [1.165, 1.54) is 0 Å². The van der Waals surface area contributed by atoms with Crippen molar-refractivity contribution in [3.63, 3.8) is 0 Å². The molecule has 3 atom stereocenters. The first-order valence-electron chi connectivity index (χ1n) is 7.90. The predicted molar refractivity (Wildman–Crippen MR) is 89.0 cm³/mol. The Morgan fingerprint density at radius 3 is 2.74 bits per heavy atom. The first-order chi connectivity index (χ1) is 10.7. The minimum absolute atomic E-state index is 0.0358. The minimum Gasteiger partial charge on any atom is -0.444 e. The van der Waals surface area contributed by atoms with E-state index >= 15 is 0 Å². The van der Waals surface area contributed by atoms with E-state index in [-0.39, 0.29) is 30.4 Å². The van der Waals surface area contributed by atoms with Crippen molar-refractivity contribution in [1.82, 2.24) is 9.88 Å². The zero-order valence-electron chi connectivity index (χ0n) is 13.6. The Morgan fingerprint density at radius 2 is 2.09 bits per heavy atom. The molecule has 0 aromatic carbocycles. The number of hydrogen-bond acceptors (Lipinski definition) is 4. The largest absolute Gasteiger partial charge is 0.444 e. The lowest BCUT2D eigenvalue weighted by Gasteiger charge is -2.29. The SMILES string of the molecule is CC(C)(C)OC(=O)N1[C@@H]2C[C@@H]2C[C@H]1C(=O)Cc1cccc(Br)n1. The van der Waals surface area contributed by atoms with Crippen molar-refractivity contribution in [2.24, 2.45) is 5.92 Å². The number of fused-ring (bicyclic) bond motifs is 1. The van der Waals surface area contributed by atoms with Crippen LogP contribution in [-0.4, -0.2) is 39.4 Å². The summed E-state index contributed by atoms with van der Waals surface area (Å²) in [6.45, 7) is 5.52. The van der Waals surface area contributed by atoms with E-state index in [0.29, 0.717) is 16.2 Å². The van der Waals surface area contributed by atoms with Crippen LogP contribution in [0.2, 0.25) is 0 Å². The molecule has 1 aliphatic carbocycles. The Bertz CT molecular complexity index is 641. The zero-order valence-corrected chi connectivity index (χ0v) is 15.2. The van der Waals surface area contributed by atoms with Gasteiger partial charge < -0.3 is 4.74 Å². The van der Waals surface area contributed by atoms with Gasteiger partial charge in [-0.05, 0) is 67.6 Å². The van der Waals surface area contributed by atoms with Crippen molar-refractivity contribution in [3.8, 4) is 0 Å². The van der Waals surface area contributed by atoms with Crippen molar-refractivity contribution < 1.29 is 14.3 Å². The lowest BCUT2D eigenvalue weighted by molar-refractivity contribution is -0.123. The fourth-order valence-corrected chi connectivity index (χ4v) is 3.55. The maximum Gasteiger partial charge on any atom is 0.411 e. The Hall–Kier alpha value is -1.43. The number of pyridine rings is 1. The van der Waals surface area contributed by atoms with Crippen LogP contribution < -0.4 is 0 Å². The summed E-state index contributed by atoms with van der Waals surface area (Å²) in [5.74, 6) is 0.487. The third-order valence-electron chi connectivity index (χ3n) is 4.21. The van der Waals surface area contributed by atoms with Gasteiger partial charge in [-0.3, -0.25) is 9.69 Å². The molecule has 1 saturated heterocycles. The highest BCUT2D eigenvalue weighted by Gasteiger charge is 2.56. The summed E-state index contributed by atoms with van der Waals surface area (Å²) in [7, 11) is 0. The fourth-order valence-electron chi connectivity index (χ4n) is 3.17. The molecule has 6 heteroatoms. The van der Waals surface area contributed by atoms with Gasteiger partial charge in [-0.2, -0.15) is 0 Å². The number of halogens is 1. The number of piperidine rings is 1. The maximum atomic E-state index is 12.7. The summed E-state index contributed by atoms with van der Waals surface area (Å²) < 4.78 is 6.19. The normalized spacial score (nSPS) is 25.9. The molecule has 23 heavy (non-hydrogen) atoms. The van der Waals surface area contributed by atoms with Crippen LogP contribution in [-0.2, 0) is 16.0 Å². The summed E-state index contributed by atoms with van der Waals surface area (Å²) in [6, 6.07) is 5.31. The van der Waals surface area contributed by atoms with Gasteiger partial charge in [0.1, 0.15) is 10.2 Å². The third kappa shape index (κ3) is 3.74. The van der Waals surface area contributed by atoms with Crippen LogP contribution in [0, 0.1) is 5.92 Å². The molecule has 1 saturated carbocycles. The van der Waals surface area contributed by atoms with E-state index in [1.807, 2.05) is 39.0 Å². The summed E-state index contributed by atoms with van der Waals surface area (Å²) in [6.07, 6.45) is 1.60. The van der Waals surface area contributed by atoms with Crippen LogP contribution in [0.25, 0.3) is 0 Å². The number of ether oxygens (including phenoxy) is 1. The molecule has 1 amide bonds. The molecule has 2 aliphatic rings. The molecule has 0 unspecified atom stereocenters. The maximum absolute atomic E-state index is 12.7. The van der Waals surface area contributed by atoms with E-state index in [9.17, 15) is 9.59 Å². The summed E-state index contributed by atoms with van der Waals surface area (Å²) >= 11 is 3.31. The van der Waals surface area contributed by atoms with Crippen LogP contribution in [0.3, 0.4) is 0 Å². The van der Waals surface area contributed by atoms with E-state index in [1.54, 1.807) is 4.90 Å². The Balaban J connectivity index is 1.71. The van der Waals surface area contributed by atoms with Crippen molar-refractivity contribution in [2.75, 3.05) is 0 Å². The molecule has 2 fully saturated rings. The van der Waals surface area contributed by atoms with E-state index in [4.69, 9.17) is 4.74 Å². The van der Waals surface area contributed by atoms with Crippen molar-refractivity contribution in [3.05, 3.63) is 28.5 Å². The first-order valence-corrected chi connectivity index (χ1v) is 8.69. The van der Waals surface area contributed by atoms with Crippen LogP contribution in [0.5, 0.6) is 0 Å². The van der Waals surface area contributed by atoms with Crippen molar-refractivity contribution in [1.29, 1.82) is 0 Å². The Labute approximate surface area is 144 Å². The number of rotatable bonds is 3. The Kier molecular flexibility index (Phi) is 4.21. The van der Waals surface area contributed by atoms with Crippen LogP contribution in [0.15, 0.2) is 22.8 Å². The monoisotopic (exact) mass is 380 g/mol. The number of Topliss-reactive ketones (excluding diaryl/α,β-unsaturated/α-hetero) is 1. The van der Waals surface area contributed by atoms with Gasteiger partial charge in [-0.15, -0.1) is 0 Å². The number of ketones is 1. The summed E-state index contributed by atoms with van der Waals surface area (Å²) in [5, 5.41) is 0. The van der Waals surface area contributed by atoms with Gasteiger partial charge in [0.25, 0.3) is 0 Å². The molecule has 0 spiro atoms. The van der Waals surface area contributed by atoms with Gasteiger partial charge in [0.2, 0.25) is 0 Å². The molecule has 0 bridgehead atoms. The molecule has 1 aromatic rings. The average molecular weight is 381 g/mol. The number of carbonyl (C=O) groups excluding carboxylic acids is 2. The number of carbonyl (C=O) groups is 2. The molecule has 0 N–H and O–H groups in total. The number of amides is 1. The minimum atomic E-state index is -0.552. The molecule has 124 valence electrons. The number of hydrogen-bond donors (Lipinski definition) is 0. The molecular formula is C17H21BrN2O3. The first kappa shape index (κ1) is 16.4. The van der Waals surface area contributed by atoms with Gasteiger partial charge >= 0.3 is 6.09 Å². The highest BCUT2D eigenvalue weighted by atomic mass is 79.9. The molecule has 0 radical (unpaired) electrons. The van der Waals surface area contributed by atoms with Crippen LogP contribution in [0.1, 0.15) is 39.3 Å². The number of nitrogens with zero attached hydrogens (tertiary/aromatic N) is 2. The summed E-state index contributed by atoms with van der Waals surface area (Å²) in [4.78, 5) is 31.1. The second-order valence-electron chi connectivity index (χ2n) is 7.30. The van der Waals surface area contributed by atoms with Gasteiger partial charge in [0.05, 0.1) is 12.5 Å². The van der Waals surface area contributed by atoms with Crippen LogP contribution >= 0.6 is 15.9 Å². The van der Waals surface area contributed by atoms with E-state index < -0.39 is 5.60 Å². The Morgan fingerprint density at radius 1 is 1.35 bits per heavy atom. The van der Waals surface area contributed by atoms with Crippen molar-refractivity contribution in [2.45, 2.75) is 57.7 Å². The number of aromatic nitrogens is 1. The lowest BCUT2D eigenvalue weighted by atomic mass is 10.0. The molecule has 5 nitrogen and oxygen atoms in total. The second kappa shape index (κ2) is 5.89. The van der Waals surface area contributed by atoms with Crippen LogP contribution in [0.4, 0.5) is 4.79 Å². The second-order valence-corrected chi connectivity index (χ2v) is 8.11. The van der Waals surface area contributed by atoms with Gasteiger partial charge in [-0.1, -0.05) is 6.07 Å². The predicted octanol–water partition coefficient (Wildman–Crippen LogP) is 3.35. The number of likely N-dealkylation sites (tertiary alicyclic amines) is 1. The quantitative estimate of drug-likeness (QED) is 0.754. The molecule has 3 rings (SSSR count). The standard InChI is InChI=1S/C17H21BrN2O3/c1-17(2,3)23-16(22)20-12-7-10(12)8-13(20)14(21)9-11-5-4-6-15(18)19-11/h4-6,10,12-13H,7-9H2,1-3H3/t10-,12-,13+/m1/s1. The topological polar surface area (TPSA) is 59.5 Å². The van der Waals surface area contributed by atoms with Gasteiger partial charge in [0.15, 0.2) is 5.78 Å². The zero-order chi connectivity index (χ0) is 16.8. The fraction of sp³-hybridized carbons (Fsp3) is 0.588. The molecular weight excluding hydrogens is 360 g/mol. The average Bonchev–Trinajstić information content (AvgIpc) is 3.06. The molecule has 1 aromatic heterocycles. The highest BCUT2D eigenvalue weighted by molar-refractivity contribution is 9.10. The van der Waals surface area contributed by atoms with Gasteiger partial charge in [0, 0.05) is 11.7 Å². The highest BCUT2D eigenvalue weighted by Crippen LogP contribution is 2.48. The third-order valence-corrected chi connectivity index (χ3v) is 4.65. The lowest BCUT2D eigenvalue weighted by Crippen LogP contribution is -2.46. The smallest absolute Gasteiger partial charge is 0.411 e. The molecule has 2 heterocycles. The van der Waals surface area contributed by atoms with E-state index in [0.717, 1.165) is 12.8 Å². The summed E-state index contributed by atoms with van der Waals surface area (Å²) in [5.41, 5.74) is 0.165. The molecule has 1 aliphatic heterocycles. The van der Waals surface area contributed by atoms with E-state index in [2.05, 4.69) is 20.9 Å².